The molecule has 2 aromatic heterocycles. The molecule has 100 valence electrons. The number of aromatic nitrogens is 2. The summed E-state index contributed by atoms with van der Waals surface area (Å²) in [6, 6.07) is 0. The molecule has 4 nitrogen and oxygen atoms in total. The smallest absolute Gasteiger partial charge is 0.261 e. The van der Waals surface area contributed by atoms with Crippen molar-refractivity contribution in [1.82, 2.24) is 15.3 Å². The normalized spacial score (nSPS) is 14.9. The van der Waals surface area contributed by atoms with E-state index in [0.29, 0.717) is 12.5 Å². The second kappa shape index (κ2) is 4.56. The van der Waals surface area contributed by atoms with Gasteiger partial charge in [-0.1, -0.05) is 0 Å². The third-order valence-corrected chi connectivity index (χ3v) is 4.66. The van der Waals surface area contributed by atoms with Crippen LogP contribution in [-0.2, 0) is 0 Å². The molecule has 2 heterocycles. The number of rotatable bonds is 3. The summed E-state index contributed by atoms with van der Waals surface area (Å²) in [5.74, 6) is 1.49. The van der Waals surface area contributed by atoms with Gasteiger partial charge in [-0.25, -0.2) is 9.97 Å². The van der Waals surface area contributed by atoms with Crippen molar-refractivity contribution in [1.29, 1.82) is 0 Å². The molecule has 1 fully saturated rings. The van der Waals surface area contributed by atoms with E-state index in [9.17, 15) is 4.79 Å². The first-order chi connectivity index (χ1) is 9.11. The Kier molecular flexibility index (Phi) is 3.01. The lowest BCUT2D eigenvalue weighted by atomic mass is 10.1. The highest BCUT2D eigenvalue weighted by atomic mass is 32.1. The summed E-state index contributed by atoms with van der Waals surface area (Å²) in [4.78, 5) is 23.0. The van der Waals surface area contributed by atoms with Crippen LogP contribution in [0.5, 0.6) is 0 Å². The van der Waals surface area contributed by atoms with Crippen molar-refractivity contribution in [2.75, 3.05) is 6.54 Å². The average molecular weight is 275 g/mol. The maximum absolute atomic E-state index is 12.0. The molecule has 0 bridgehead atoms. The van der Waals surface area contributed by atoms with Gasteiger partial charge in [0.1, 0.15) is 10.7 Å². The molecular weight excluding hydrogens is 258 g/mol. The Labute approximate surface area is 116 Å². The van der Waals surface area contributed by atoms with Gasteiger partial charge in [-0.3, -0.25) is 4.79 Å². The first kappa shape index (κ1) is 12.5. The van der Waals surface area contributed by atoms with Crippen LogP contribution in [0.1, 0.15) is 52.4 Å². The van der Waals surface area contributed by atoms with Gasteiger partial charge in [-0.05, 0) is 39.2 Å². The lowest BCUT2D eigenvalue weighted by Gasteiger charge is -2.02. The van der Waals surface area contributed by atoms with Crippen LogP contribution in [0.25, 0.3) is 10.2 Å². The topological polar surface area (TPSA) is 54.9 Å². The van der Waals surface area contributed by atoms with Gasteiger partial charge in [0.25, 0.3) is 5.91 Å². The van der Waals surface area contributed by atoms with E-state index in [0.717, 1.165) is 32.2 Å². The second-order valence-corrected chi connectivity index (χ2v) is 6.04. The number of nitrogens with zero attached hydrogens (tertiary/aromatic N) is 2. The minimum Gasteiger partial charge on any atom is -0.352 e. The number of fused-ring (bicyclic) bond motifs is 1. The maximum Gasteiger partial charge on any atom is 0.261 e. The van der Waals surface area contributed by atoms with Crippen molar-refractivity contribution in [2.45, 2.75) is 39.5 Å². The Morgan fingerprint density at radius 1 is 1.37 bits per heavy atom. The Balaban J connectivity index is 2.13. The van der Waals surface area contributed by atoms with Crippen molar-refractivity contribution < 1.29 is 4.79 Å². The molecule has 0 aliphatic heterocycles. The molecule has 19 heavy (non-hydrogen) atoms. The largest absolute Gasteiger partial charge is 0.352 e. The lowest BCUT2D eigenvalue weighted by Crippen LogP contribution is -2.22. The summed E-state index contributed by atoms with van der Waals surface area (Å²) in [5, 5.41) is 3.91. The van der Waals surface area contributed by atoms with Crippen molar-refractivity contribution in [3.8, 4) is 0 Å². The fourth-order valence-corrected chi connectivity index (χ4v) is 3.50. The van der Waals surface area contributed by atoms with Crippen molar-refractivity contribution in [2.24, 2.45) is 0 Å². The quantitative estimate of drug-likeness (QED) is 0.937. The summed E-state index contributed by atoms with van der Waals surface area (Å²) in [6.45, 7) is 6.56. The van der Waals surface area contributed by atoms with E-state index in [1.165, 1.54) is 24.2 Å². The predicted molar refractivity (Wildman–Crippen MR) is 76.9 cm³/mol. The van der Waals surface area contributed by atoms with Crippen LogP contribution in [0.4, 0.5) is 0 Å². The summed E-state index contributed by atoms with van der Waals surface area (Å²) in [6.07, 6.45) is 2.39. The summed E-state index contributed by atoms with van der Waals surface area (Å²) in [7, 11) is 0. The minimum absolute atomic E-state index is 0.00429. The molecule has 0 spiro atoms. The van der Waals surface area contributed by atoms with Gasteiger partial charge in [0, 0.05) is 17.8 Å². The zero-order valence-electron chi connectivity index (χ0n) is 11.4. The van der Waals surface area contributed by atoms with Gasteiger partial charge in [0.15, 0.2) is 0 Å². The lowest BCUT2D eigenvalue weighted by molar-refractivity contribution is 0.0959. The number of aryl methyl sites for hydroxylation is 2. The number of nitrogens with one attached hydrogen (secondary N) is 1. The molecule has 3 rings (SSSR count). The molecule has 1 amide bonds. The van der Waals surface area contributed by atoms with Gasteiger partial charge >= 0.3 is 0 Å². The van der Waals surface area contributed by atoms with Gasteiger partial charge in [0.05, 0.1) is 10.6 Å². The third-order valence-electron chi connectivity index (χ3n) is 3.47. The monoisotopic (exact) mass is 275 g/mol. The van der Waals surface area contributed by atoms with E-state index in [4.69, 9.17) is 0 Å². The molecule has 0 aromatic carbocycles. The van der Waals surface area contributed by atoms with Crippen LogP contribution < -0.4 is 5.32 Å². The van der Waals surface area contributed by atoms with Crippen molar-refractivity contribution >= 4 is 27.5 Å². The molecular formula is C14H17N3OS. The SMILES string of the molecule is CCNC(=O)c1sc2nc(C3CC3)nc(C)c2c1C. The second-order valence-electron chi connectivity index (χ2n) is 5.04. The summed E-state index contributed by atoms with van der Waals surface area (Å²) in [5.41, 5.74) is 2.00. The number of carbonyl (C=O) groups is 1. The van der Waals surface area contributed by atoms with Gasteiger partial charge < -0.3 is 5.32 Å². The molecule has 1 aliphatic rings. The number of thiophene rings is 1. The molecule has 0 radical (unpaired) electrons. The Bertz CT molecular complexity index is 658. The third kappa shape index (κ3) is 2.12. The highest BCUT2D eigenvalue weighted by molar-refractivity contribution is 7.20. The minimum atomic E-state index is -0.00429. The number of amides is 1. The molecule has 0 saturated heterocycles. The van der Waals surface area contributed by atoms with Gasteiger partial charge in [-0.2, -0.15) is 0 Å². The standard InChI is InChI=1S/C14H17N3OS/c1-4-15-13(18)11-7(2)10-8(3)16-12(9-5-6-9)17-14(10)19-11/h9H,4-6H2,1-3H3,(H,15,18). The zero-order chi connectivity index (χ0) is 13.6. The first-order valence-corrected chi connectivity index (χ1v) is 7.49. The van der Waals surface area contributed by atoms with Crippen LogP contribution in [0.3, 0.4) is 0 Å². The highest BCUT2D eigenvalue weighted by Crippen LogP contribution is 2.40. The van der Waals surface area contributed by atoms with Gasteiger partial charge in [0.2, 0.25) is 0 Å². The fraction of sp³-hybridized carbons (Fsp3) is 0.500. The Morgan fingerprint density at radius 3 is 2.74 bits per heavy atom. The van der Waals surface area contributed by atoms with E-state index in [1.54, 1.807) is 0 Å². The van der Waals surface area contributed by atoms with E-state index >= 15 is 0 Å². The van der Waals surface area contributed by atoms with E-state index < -0.39 is 0 Å². The molecule has 2 aromatic rings. The average Bonchev–Trinajstić information content (AvgIpc) is 3.14. The van der Waals surface area contributed by atoms with Crippen LogP contribution in [-0.4, -0.2) is 22.4 Å². The number of hydrogen-bond donors (Lipinski definition) is 1. The number of carbonyl (C=O) groups excluding carboxylic acids is 1. The van der Waals surface area contributed by atoms with Crippen molar-refractivity contribution in [3.63, 3.8) is 0 Å². The number of hydrogen-bond acceptors (Lipinski definition) is 4. The Hall–Kier alpha value is -1.49. The Morgan fingerprint density at radius 2 is 2.11 bits per heavy atom. The summed E-state index contributed by atoms with van der Waals surface area (Å²) < 4.78 is 0. The molecule has 5 heteroatoms. The van der Waals surface area contributed by atoms with E-state index in [1.807, 2.05) is 20.8 Å². The van der Waals surface area contributed by atoms with Crippen LogP contribution in [0.15, 0.2) is 0 Å². The molecule has 1 N–H and O–H groups in total. The first-order valence-electron chi connectivity index (χ1n) is 6.67. The maximum atomic E-state index is 12.0. The van der Waals surface area contributed by atoms with Crippen LogP contribution in [0, 0.1) is 13.8 Å². The zero-order valence-corrected chi connectivity index (χ0v) is 12.2. The van der Waals surface area contributed by atoms with E-state index in [-0.39, 0.29) is 5.91 Å². The van der Waals surface area contributed by atoms with Crippen molar-refractivity contribution in [3.05, 3.63) is 22.0 Å². The van der Waals surface area contributed by atoms with Crippen LogP contribution >= 0.6 is 11.3 Å². The van der Waals surface area contributed by atoms with Gasteiger partial charge in [-0.15, -0.1) is 11.3 Å². The predicted octanol–water partition coefficient (Wildman–Crippen LogP) is 2.94. The highest BCUT2D eigenvalue weighted by Gasteiger charge is 2.28. The fourth-order valence-electron chi connectivity index (χ4n) is 2.34. The molecule has 0 unspecified atom stereocenters. The molecule has 1 saturated carbocycles. The summed E-state index contributed by atoms with van der Waals surface area (Å²) >= 11 is 1.48. The molecule has 0 atom stereocenters. The van der Waals surface area contributed by atoms with Crippen LogP contribution in [0.2, 0.25) is 0 Å². The van der Waals surface area contributed by atoms with E-state index in [2.05, 4.69) is 15.3 Å². The molecule has 1 aliphatic carbocycles.